The van der Waals surface area contributed by atoms with Crippen LogP contribution in [0.1, 0.15) is 49.7 Å². The molecule has 4 heteroatoms. The molecule has 4 atom stereocenters. The summed E-state index contributed by atoms with van der Waals surface area (Å²) in [4.78, 5) is 2.62. The monoisotopic (exact) mass is 341 g/mol. The van der Waals surface area contributed by atoms with Gasteiger partial charge in [0.25, 0.3) is 0 Å². The molecule has 6 rings (SSSR count). The Labute approximate surface area is 149 Å². The molecule has 5 aliphatic rings. The first-order chi connectivity index (χ1) is 12.2. The van der Waals surface area contributed by atoms with Gasteiger partial charge in [-0.25, -0.2) is 0 Å². The molecule has 1 aromatic rings. The maximum Gasteiger partial charge on any atom is 0.165 e. The first kappa shape index (κ1) is 14.9. The average molecular weight is 341 g/mol. The standard InChI is InChI=1S/C21H27NO3/c1-24-15-7-6-14-11-16-21(23)8-2-3-17-20(21,18(14)19(15)25-17)9-10-22(16)12-13-4-5-13/h6-7,13,16-17,23H,2-5,8-12H2,1H3/t16?,17-,20?,21+/m0/s1. The van der Waals surface area contributed by atoms with E-state index in [1.165, 1.54) is 30.5 Å². The first-order valence-corrected chi connectivity index (χ1v) is 10.0. The van der Waals surface area contributed by atoms with E-state index in [0.29, 0.717) is 0 Å². The third-order valence-electron chi connectivity index (χ3n) is 7.87. The third kappa shape index (κ3) is 1.66. The number of nitrogens with zero attached hydrogens (tertiary/aromatic N) is 1. The van der Waals surface area contributed by atoms with Gasteiger partial charge in [-0.15, -0.1) is 0 Å². The van der Waals surface area contributed by atoms with Crippen LogP contribution >= 0.6 is 0 Å². The van der Waals surface area contributed by atoms with Crippen molar-refractivity contribution in [3.05, 3.63) is 23.3 Å². The minimum absolute atomic E-state index is 0.113. The molecule has 3 fully saturated rings. The zero-order valence-electron chi connectivity index (χ0n) is 15.0. The van der Waals surface area contributed by atoms with Crippen LogP contribution in [0.15, 0.2) is 12.1 Å². The van der Waals surface area contributed by atoms with Crippen LogP contribution < -0.4 is 9.47 Å². The lowest BCUT2D eigenvalue weighted by atomic mass is 9.49. The lowest BCUT2D eigenvalue weighted by Crippen LogP contribution is -2.75. The van der Waals surface area contributed by atoms with Crippen LogP contribution in [0.3, 0.4) is 0 Å². The number of rotatable bonds is 3. The van der Waals surface area contributed by atoms with E-state index in [1.54, 1.807) is 7.11 Å². The summed E-state index contributed by atoms with van der Waals surface area (Å²) < 4.78 is 12.1. The molecule has 0 amide bonds. The number of methoxy groups -OCH3 is 1. The summed E-state index contributed by atoms with van der Waals surface area (Å²) in [5.74, 6) is 2.63. The number of benzene rings is 1. The predicted octanol–water partition coefficient (Wildman–Crippen LogP) is 2.65. The van der Waals surface area contributed by atoms with Gasteiger partial charge < -0.3 is 14.6 Å². The van der Waals surface area contributed by atoms with E-state index in [0.717, 1.165) is 56.1 Å². The van der Waals surface area contributed by atoms with Gasteiger partial charge in [-0.05, 0) is 69.0 Å². The van der Waals surface area contributed by atoms with Gasteiger partial charge in [0.15, 0.2) is 11.5 Å². The number of hydrogen-bond donors (Lipinski definition) is 1. The fraction of sp³-hybridized carbons (Fsp3) is 0.714. The van der Waals surface area contributed by atoms with Crippen molar-refractivity contribution in [2.45, 2.75) is 68.1 Å². The Morgan fingerprint density at radius 2 is 2.16 bits per heavy atom. The fourth-order valence-electron chi connectivity index (χ4n) is 6.63. The van der Waals surface area contributed by atoms with Crippen molar-refractivity contribution in [3.63, 3.8) is 0 Å². The molecule has 4 nitrogen and oxygen atoms in total. The normalized spacial score (nSPS) is 41.2. The highest BCUT2D eigenvalue weighted by atomic mass is 16.5. The van der Waals surface area contributed by atoms with Crippen LogP contribution in [0, 0.1) is 5.92 Å². The largest absolute Gasteiger partial charge is 0.493 e. The number of ether oxygens (including phenoxy) is 2. The molecule has 1 N–H and O–H groups in total. The number of hydrogen-bond acceptors (Lipinski definition) is 4. The van der Waals surface area contributed by atoms with Crippen LogP contribution in [0.4, 0.5) is 0 Å². The zero-order chi connectivity index (χ0) is 16.8. The highest BCUT2D eigenvalue weighted by Gasteiger charge is 2.71. The molecule has 1 aromatic carbocycles. The molecule has 2 aliphatic heterocycles. The number of likely N-dealkylation sites (tertiary alicyclic amines) is 1. The molecule has 3 aliphatic carbocycles. The van der Waals surface area contributed by atoms with Crippen LogP contribution in [0.5, 0.6) is 11.5 Å². The van der Waals surface area contributed by atoms with E-state index in [9.17, 15) is 5.11 Å². The van der Waals surface area contributed by atoms with E-state index in [-0.39, 0.29) is 17.6 Å². The molecular formula is C21H27NO3. The first-order valence-electron chi connectivity index (χ1n) is 10.0. The summed E-state index contributed by atoms with van der Waals surface area (Å²) in [5, 5.41) is 12.1. The van der Waals surface area contributed by atoms with Gasteiger partial charge in [0.2, 0.25) is 0 Å². The van der Waals surface area contributed by atoms with Crippen molar-refractivity contribution in [2.75, 3.05) is 20.2 Å². The summed E-state index contributed by atoms with van der Waals surface area (Å²) in [6.07, 6.45) is 7.85. The number of piperidine rings is 1. The Kier molecular flexibility index (Phi) is 2.80. The zero-order valence-corrected chi connectivity index (χ0v) is 15.0. The Morgan fingerprint density at radius 1 is 1.28 bits per heavy atom. The molecule has 2 saturated carbocycles. The Balaban J connectivity index is 1.55. The lowest BCUT2D eigenvalue weighted by Gasteiger charge is -2.63. The summed E-state index contributed by atoms with van der Waals surface area (Å²) in [5.41, 5.74) is 1.82. The highest BCUT2D eigenvalue weighted by Crippen LogP contribution is 2.65. The van der Waals surface area contributed by atoms with Crippen LogP contribution in [-0.2, 0) is 11.8 Å². The molecular weight excluding hydrogens is 314 g/mol. The average Bonchev–Trinajstić information content (AvgIpc) is 3.35. The molecule has 25 heavy (non-hydrogen) atoms. The summed E-state index contributed by atoms with van der Waals surface area (Å²) >= 11 is 0. The van der Waals surface area contributed by atoms with E-state index >= 15 is 0 Å². The Bertz CT molecular complexity index is 745. The molecule has 1 spiro atoms. The maximum atomic E-state index is 12.1. The van der Waals surface area contributed by atoms with Crippen LogP contribution in [-0.4, -0.2) is 48.0 Å². The SMILES string of the molecule is COc1ccc2c3c1O[C@H]1CCC[C@@]4(O)C(C2)N(CC2CC2)CCC314. The van der Waals surface area contributed by atoms with Crippen molar-refractivity contribution in [1.29, 1.82) is 0 Å². The Morgan fingerprint density at radius 3 is 2.96 bits per heavy atom. The van der Waals surface area contributed by atoms with Gasteiger partial charge in [-0.3, -0.25) is 4.90 Å². The minimum atomic E-state index is -0.645. The second-order valence-corrected chi connectivity index (χ2v) is 8.93. The predicted molar refractivity (Wildman–Crippen MR) is 94.3 cm³/mol. The van der Waals surface area contributed by atoms with Crippen molar-refractivity contribution in [1.82, 2.24) is 4.90 Å². The third-order valence-corrected chi connectivity index (χ3v) is 7.87. The summed E-state index contributed by atoms with van der Waals surface area (Å²) in [6, 6.07) is 4.54. The molecule has 1 saturated heterocycles. The Hall–Kier alpha value is -1.26. The van der Waals surface area contributed by atoms with Crippen molar-refractivity contribution in [2.24, 2.45) is 5.92 Å². The topological polar surface area (TPSA) is 41.9 Å². The second kappa shape index (κ2) is 4.72. The van der Waals surface area contributed by atoms with Gasteiger partial charge in [0.1, 0.15) is 6.10 Å². The minimum Gasteiger partial charge on any atom is -0.493 e. The molecule has 134 valence electrons. The van der Waals surface area contributed by atoms with E-state index < -0.39 is 5.60 Å². The van der Waals surface area contributed by atoms with Gasteiger partial charge in [0, 0.05) is 18.2 Å². The summed E-state index contributed by atoms with van der Waals surface area (Å²) in [6.45, 7) is 2.27. The van der Waals surface area contributed by atoms with Crippen molar-refractivity contribution < 1.29 is 14.6 Å². The van der Waals surface area contributed by atoms with Gasteiger partial charge >= 0.3 is 0 Å². The molecule has 0 radical (unpaired) electrons. The van der Waals surface area contributed by atoms with Crippen LogP contribution in [0.25, 0.3) is 0 Å². The maximum absolute atomic E-state index is 12.1. The van der Waals surface area contributed by atoms with Crippen molar-refractivity contribution in [3.8, 4) is 11.5 Å². The van der Waals surface area contributed by atoms with Gasteiger partial charge in [-0.2, -0.15) is 0 Å². The molecule has 0 aromatic heterocycles. The van der Waals surface area contributed by atoms with E-state index in [1.807, 2.05) is 0 Å². The van der Waals surface area contributed by atoms with Crippen LogP contribution in [0.2, 0.25) is 0 Å². The quantitative estimate of drug-likeness (QED) is 0.918. The van der Waals surface area contributed by atoms with Gasteiger partial charge in [-0.1, -0.05) is 6.07 Å². The molecule has 2 heterocycles. The smallest absolute Gasteiger partial charge is 0.165 e. The molecule has 2 unspecified atom stereocenters. The van der Waals surface area contributed by atoms with E-state index in [4.69, 9.17) is 9.47 Å². The molecule has 2 bridgehead atoms. The van der Waals surface area contributed by atoms with Crippen molar-refractivity contribution >= 4 is 0 Å². The second-order valence-electron chi connectivity index (χ2n) is 8.93. The number of aliphatic hydroxyl groups is 1. The lowest BCUT2D eigenvalue weighted by molar-refractivity contribution is -0.185. The highest BCUT2D eigenvalue weighted by molar-refractivity contribution is 5.62. The van der Waals surface area contributed by atoms with E-state index in [2.05, 4.69) is 17.0 Å². The fourth-order valence-corrected chi connectivity index (χ4v) is 6.63. The summed E-state index contributed by atoms with van der Waals surface area (Å²) in [7, 11) is 1.72. The van der Waals surface area contributed by atoms with Gasteiger partial charge in [0.05, 0.1) is 18.1 Å².